The maximum atomic E-state index is 14.1. The highest BCUT2D eigenvalue weighted by Crippen LogP contribution is 2.42. The van der Waals surface area contributed by atoms with Gasteiger partial charge in [-0.25, -0.2) is 4.79 Å². The summed E-state index contributed by atoms with van der Waals surface area (Å²) in [6.45, 7) is 2.46. The van der Waals surface area contributed by atoms with Crippen LogP contribution < -0.4 is 15.0 Å². The zero-order valence-corrected chi connectivity index (χ0v) is 20.5. The molecule has 3 heterocycles. The lowest BCUT2D eigenvalue weighted by Crippen LogP contribution is -2.48. The first-order valence-corrected chi connectivity index (χ1v) is 12.6. The molecule has 1 atom stereocenters. The predicted molar refractivity (Wildman–Crippen MR) is 140 cm³/mol. The van der Waals surface area contributed by atoms with Crippen molar-refractivity contribution >= 4 is 23.3 Å². The topological polar surface area (TPSA) is 80.0 Å². The number of carbonyl (C=O) groups is 2. The van der Waals surface area contributed by atoms with Gasteiger partial charge in [-0.2, -0.15) is 0 Å². The summed E-state index contributed by atoms with van der Waals surface area (Å²) in [5, 5.41) is 2.95. The normalized spacial score (nSPS) is 16.0. The molecule has 37 heavy (non-hydrogen) atoms. The molecule has 1 aliphatic carbocycles. The van der Waals surface area contributed by atoms with Gasteiger partial charge >= 0.3 is 6.03 Å². The van der Waals surface area contributed by atoms with E-state index in [0.29, 0.717) is 18.1 Å². The molecular formula is C29H28N4O4. The average Bonchev–Trinajstić information content (AvgIpc) is 3.37. The third-order valence-corrected chi connectivity index (χ3v) is 6.77. The van der Waals surface area contributed by atoms with E-state index in [2.05, 4.69) is 9.88 Å². The molecule has 2 aromatic heterocycles. The Morgan fingerprint density at radius 3 is 2.49 bits per heavy atom. The van der Waals surface area contributed by atoms with E-state index in [1.165, 1.54) is 0 Å². The van der Waals surface area contributed by atoms with Crippen LogP contribution in [0.15, 0.2) is 89.7 Å². The third kappa shape index (κ3) is 4.35. The van der Waals surface area contributed by atoms with Crippen molar-refractivity contribution < 1.29 is 18.7 Å². The van der Waals surface area contributed by atoms with E-state index in [1.54, 1.807) is 28.2 Å². The second kappa shape index (κ2) is 9.54. The van der Waals surface area contributed by atoms with Crippen LogP contribution in [0.3, 0.4) is 0 Å². The summed E-state index contributed by atoms with van der Waals surface area (Å²) in [5.74, 6) is 1.24. The Kier molecular flexibility index (Phi) is 5.92. The molecule has 2 aliphatic rings. The van der Waals surface area contributed by atoms with Gasteiger partial charge in [-0.05, 0) is 80.4 Å². The third-order valence-electron chi connectivity index (χ3n) is 6.77. The Morgan fingerprint density at radius 2 is 1.78 bits per heavy atom. The van der Waals surface area contributed by atoms with Crippen molar-refractivity contribution in [2.24, 2.45) is 0 Å². The van der Waals surface area contributed by atoms with Gasteiger partial charge in [-0.1, -0.05) is 12.1 Å². The number of benzene rings is 2. The average molecular weight is 497 g/mol. The van der Waals surface area contributed by atoms with Crippen molar-refractivity contribution in [2.45, 2.75) is 31.8 Å². The molecule has 1 unspecified atom stereocenters. The summed E-state index contributed by atoms with van der Waals surface area (Å²) in [5.41, 5.74) is 3.27. The second-order valence-electron chi connectivity index (χ2n) is 9.22. The minimum absolute atomic E-state index is 0.0395. The van der Waals surface area contributed by atoms with Crippen LogP contribution >= 0.6 is 0 Å². The molecule has 0 saturated heterocycles. The lowest BCUT2D eigenvalue weighted by atomic mass is 10.0. The molecule has 2 aromatic carbocycles. The van der Waals surface area contributed by atoms with Gasteiger partial charge in [0.05, 0.1) is 29.9 Å². The van der Waals surface area contributed by atoms with Gasteiger partial charge in [-0.15, -0.1) is 0 Å². The number of anilines is 2. The predicted octanol–water partition coefficient (Wildman–Crippen LogP) is 5.60. The molecule has 8 nitrogen and oxygen atoms in total. The van der Waals surface area contributed by atoms with Crippen LogP contribution in [0.4, 0.5) is 16.2 Å². The standard InChI is InChI=1S/C29H28N4O4/c1-2-36-22-15-11-20(12-16-22)30-29(35)32(21-13-14-21)19-27(34)33-24-8-4-3-7-23(24)31-17-5-9-25(31)28(33)26-10-6-18-37-26/h3-12,15-18,21,28H,2,13-14,19H2,1H3,(H,30,35). The molecule has 0 bridgehead atoms. The summed E-state index contributed by atoms with van der Waals surface area (Å²) in [7, 11) is 0. The SMILES string of the molecule is CCOc1ccc(NC(=O)N(CC(=O)N2c3ccccc3-n3cccc3C2c2ccco2)C2CC2)cc1. The highest BCUT2D eigenvalue weighted by molar-refractivity contribution is 6.01. The van der Waals surface area contributed by atoms with E-state index >= 15 is 0 Å². The first-order valence-electron chi connectivity index (χ1n) is 12.6. The number of hydrogen-bond donors (Lipinski definition) is 1. The molecule has 6 rings (SSSR count). The number of rotatable bonds is 7. The molecule has 0 radical (unpaired) electrons. The van der Waals surface area contributed by atoms with Crippen LogP contribution in [-0.4, -0.2) is 40.6 Å². The van der Waals surface area contributed by atoms with E-state index < -0.39 is 6.04 Å². The molecule has 8 heteroatoms. The Morgan fingerprint density at radius 1 is 1.00 bits per heavy atom. The van der Waals surface area contributed by atoms with Crippen LogP contribution in [0.25, 0.3) is 5.69 Å². The van der Waals surface area contributed by atoms with E-state index in [1.807, 2.05) is 73.8 Å². The summed E-state index contributed by atoms with van der Waals surface area (Å²) >= 11 is 0. The first kappa shape index (κ1) is 23.0. The number of ether oxygens (including phenoxy) is 1. The highest BCUT2D eigenvalue weighted by Gasteiger charge is 2.41. The number of fused-ring (bicyclic) bond motifs is 3. The Hall–Kier alpha value is -4.46. The van der Waals surface area contributed by atoms with Crippen molar-refractivity contribution in [2.75, 3.05) is 23.4 Å². The molecule has 1 saturated carbocycles. The van der Waals surface area contributed by atoms with Gasteiger partial charge in [0, 0.05) is 17.9 Å². The Balaban J connectivity index is 1.29. The number of carbonyl (C=O) groups excluding carboxylic acids is 2. The number of aromatic nitrogens is 1. The van der Waals surface area contributed by atoms with Crippen molar-refractivity contribution in [3.8, 4) is 11.4 Å². The van der Waals surface area contributed by atoms with Crippen LogP contribution in [0.1, 0.15) is 37.3 Å². The van der Waals surface area contributed by atoms with Gasteiger partial charge in [0.2, 0.25) is 5.91 Å². The molecule has 3 amide bonds. The number of furan rings is 1. The van der Waals surface area contributed by atoms with Crippen LogP contribution in [0, 0.1) is 0 Å². The molecule has 1 N–H and O–H groups in total. The molecule has 4 aromatic rings. The number of amides is 3. The van der Waals surface area contributed by atoms with E-state index in [0.717, 1.165) is 35.7 Å². The fourth-order valence-corrected chi connectivity index (χ4v) is 4.95. The monoisotopic (exact) mass is 496 g/mol. The minimum Gasteiger partial charge on any atom is -0.494 e. The van der Waals surface area contributed by atoms with Gasteiger partial charge < -0.3 is 23.9 Å². The number of hydrogen-bond acceptors (Lipinski definition) is 4. The molecule has 1 aliphatic heterocycles. The smallest absolute Gasteiger partial charge is 0.322 e. The number of urea groups is 1. The first-order chi connectivity index (χ1) is 18.1. The van der Waals surface area contributed by atoms with Gasteiger partial charge in [0.15, 0.2) is 0 Å². The second-order valence-corrected chi connectivity index (χ2v) is 9.22. The Labute approximate surface area is 215 Å². The van der Waals surface area contributed by atoms with Gasteiger partial charge in [0.1, 0.15) is 24.1 Å². The van der Waals surface area contributed by atoms with Crippen LogP contribution in [-0.2, 0) is 4.79 Å². The highest BCUT2D eigenvalue weighted by atomic mass is 16.5. The van der Waals surface area contributed by atoms with Gasteiger partial charge in [-0.3, -0.25) is 9.69 Å². The fourth-order valence-electron chi connectivity index (χ4n) is 4.95. The minimum atomic E-state index is -0.442. The van der Waals surface area contributed by atoms with Crippen LogP contribution in [0.5, 0.6) is 5.75 Å². The van der Waals surface area contributed by atoms with Crippen LogP contribution in [0.2, 0.25) is 0 Å². The molecule has 188 valence electrons. The van der Waals surface area contributed by atoms with Crippen molar-refractivity contribution in [3.63, 3.8) is 0 Å². The molecule has 1 fully saturated rings. The summed E-state index contributed by atoms with van der Waals surface area (Å²) < 4.78 is 13.4. The van der Waals surface area contributed by atoms with Crippen molar-refractivity contribution in [3.05, 3.63) is 96.7 Å². The number of para-hydroxylation sites is 2. The van der Waals surface area contributed by atoms with E-state index in [9.17, 15) is 9.59 Å². The maximum absolute atomic E-state index is 14.1. The largest absolute Gasteiger partial charge is 0.494 e. The number of nitrogens with zero attached hydrogens (tertiary/aromatic N) is 3. The molecular weight excluding hydrogens is 468 g/mol. The summed E-state index contributed by atoms with van der Waals surface area (Å²) in [6, 6.07) is 22.0. The van der Waals surface area contributed by atoms with E-state index in [4.69, 9.17) is 9.15 Å². The number of nitrogens with one attached hydrogen (secondary N) is 1. The van der Waals surface area contributed by atoms with Crippen molar-refractivity contribution in [1.82, 2.24) is 9.47 Å². The zero-order chi connectivity index (χ0) is 25.4. The summed E-state index contributed by atoms with van der Waals surface area (Å²) in [6.07, 6.45) is 5.37. The van der Waals surface area contributed by atoms with Gasteiger partial charge in [0.25, 0.3) is 0 Å². The zero-order valence-electron chi connectivity index (χ0n) is 20.5. The fraction of sp³-hybridized carbons (Fsp3) is 0.241. The lowest BCUT2D eigenvalue weighted by Gasteiger charge is -2.38. The Bertz CT molecular complexity index is 1410. The quantitative estimate of drug-likeness (QED) is 0.361. The lowest BCUT2D eigenvalue weighted by molar-refractivity contribution is -0.119. The summed E-state index contributed by atoms with van der Waals surface area (Å²) in [4.78, 5) is 30.8. The van der Waals surface area contributed by atoms with Crippen molar-refractivity contribution in [1.29, 1.82) is 0 Å². The van der Waals surface area contributed by atoms with E-state index in [-0.39, 0.29) is 24.5 Å². The molecule has 0 spiro atoms. The maximum Gasteiger partial charge on any atom is 0.322 e.